The summed E-state index contributed by atoms with van der Waals surface area (Å²) < 4.78 is 0. The number of Topliss-reactive ketones (excluding diaryl/α,β-unsaturated/α-hetero) is 1. The van der Waals surface area contributed by atoms with Gasteiger partial charge in [-0.25, -0.2) is 0 Å². The normalized spacial score (nSPS) is 15.2. The van der Waals surface area contributed by atoms with Crippen LogP contribution in [0, 0.1) is 0 Å². The number of H-pyrrole nitrogens is 1. The van der Waals surface area contributed by atoms with Gasteiger partial charge in [-0.1, -0.05) is 6.42 Å². The molecule has 1 N–H and O–H groups in total. The molecule has 19 heavy (non-hydrogen) atoms. The number of aromatic amines is 1. The number of aryl methyl sites for hydroxylation is 3. The van der Waals surface area contributed by atoms with E-state index >= 15 is 0 Å². The van der Waals surface area contributed by atoms with Gasteiger partial charge in [0.1, 0.15) is 5.78 Å². The van der Waals surface area contributed by atoms with Crippen molar-refractivity contribution in [2.75, 3.05) is 0 Å². The van der Waals surface area contributed by atoms with Crippen molar-refractivity contribution < 1.29 is 4.79 Å². The smallest absolute Gasteiger partial charge is 0.130 e. The fraction of sp³-hybridized carbons (Fsp3) is 0.471. The molecular weight excluding hydrogens is 234 g/mol. The minimum atomic E-state index is 0.268. The fourth-order valence-corrected chi connectivity index (χ4v) is 3.11. The van der Waals surface area contributed by atoms with Gasteiger partial charge in [-0.3, -0.25) is 0 Å². The van der Waals surface area contributed by atoms with E-state index in [1.807, 2.05) is 0 Å². The van der Waals surface area contributed by atoms with E-state index in [2.05, 4.69) is 23.3 Å². The Morgan fingerprint density at radius 3 is 2.63 bits per heavy atom. The summed E-state index contributed by atoms with van der Waals surface area (Å²) in [6, 6.07) is 4.69. The lowest BCUT2D eigenvalue weighted by Crippen LogP contribution is -1.94. The van der Waals surface area contributed by atoms with Crippen LogP contribution in [0.1, 0.15) is 49.3 Å². The van der Waals surface area contributed by atoms with E-state index in [1.54, 1.807) is 6.92 Å². The zero-order chi connectivity index (χ0) is 13.2. The summed E-state index contributed by atoms with van der Waals surface area (Å²) in [6.45, 7) is 1.67. The molecule has 1 aromatic carbocycles. The van der Waals surface area contributed by atoms with Crippen molar-refractivity contribution in [2.24, 2.45) is 0 Å². The second kappa shape index (κ2) is 5.20. The molecule has 1 aliphatic carbocycles. The summed E-state index contributed by atoms with van der Waals surface area (Å²) in [6.07, 6.45) is 9.97. The van der Waals surface area contributed by atoms with Crippen molar-refractivity contribution in [3.8, 4) is 0 Å². The Labute approximate surface area is 114 Å². The van der Waals surface area contributed by atoms with Crippen LogP contribution in [0.5, 0.6) is 0 Å². The lowest BCUT2D eigenvalue weighted by Gasteiger charge is -2.07. The summed E-state index contributed by atoms with van der Waals surface area (Å²) in [5, 5.41) is 1.32. The first-order valence-corrected chi connectivity index (χ1v) is 7.35. The Morgan fingerprint density at radius 2 is 1.89 bits per heavy atom. The molecule has 2 heteroatoms. The number of fused-ring (bicyclic) bond motifs is 2. The summed E-state index contributed by atoms with van der Waals surface area (Å²) in [5.41, 5.74) is 5.56. The van der Waals surface area contributed by atoms with Crippen molar-refractivity contribution in [3.05, 3.63) is 35.0 Å². The number of hydrogen-bond donors (Lipinski definition) is 1. The summed E-state index contributed by atoms with van der Waals surface area (Å²) >= 11 is 0. The highest BCUT2D eigenvalue weighted by Gasteiger charge is 2.12. The lowest BCUT2D eigenvalue weighted by atomic mass is 9.98. The number of aromatic nitrogens is 1. The van der Waals surface area contributed by atoms with E-state index in [0.29, 0.717) is 6.42 Å². The van der Waals surface area contributed by atoms with Crippen molar-refractivity contribution >= 4 is 16.7 Å². The number of benzene rings is 1. The third kappa shape index (κ3) is 2.58. The molecule has 2 aromatic rings. The van der Waals surface area contributed by atoms with Gasteiger partial charge in [0, 0.05) is 23.5 Å². The molecule has 0 radical (unpaired) electrons. The number of hydrogen-bond acceptors (Lipinski definition) is 1. The first-order chi connectivity index (χ1) is 9.24. The van der Waals surface area contributed by atoms with E-state index in [0.717, 1.165) is 6.42 Å². The van der Waals surface area contributed by atoms with Crippen molar-refractivity contribution in [1.82, 2.24) is 4.98 Å². The summed E-state index contributed by atoms with van der Waals surface area (Å²) in [7, 11) is 0. The van der Waals surface area contributed by atoms with E-state index in [4.69, 9.17) is 0 Å². The molecule has 0 fully saturated rings. The summed E-state index contributed by atoms with van der Waals surface area (Å²) in [4.78, 5) is 14.5. The number of rotatable bonds is 3. The van der Waals surface area contributed by atoms with Crippen molar-refractivity contribution in [3.63, 3.8) is 0 Å². The molecule has 0 unspecified atom stereocenters. The molecular formula is C17H21NO. The minimum absolute atomic E-state index is 0.268. The van der Waals surface area contributed by atoms with E-state index in [9.17, 15) is 4.79 Å². The monoisotopic (exact) mass is 255 g/mol. The highest BCUT2D eigenvalue weighted by molar-refractivity contribution is 5.85. The van der Waals surface area contributed by atoms with Gasteiger partial charge in [0.25, 0.3) is 0 Å². The fourth-order valence-electron chi connectivity index (χ4n) is 3.11. The average molecular weight is 255 g/mol. The standard InChI is InChI=1S/C17H21NO/c1-12(19)7-8-15-11-18-17-10-14-6-4-2-3-5-13(14)9-16(15)17/h9-11,18H,2-8H2,1H3. The zero-order valence-corrected chi connectivity index (χ0v) is 11.6. The van der Waals surface area contributed by atoms with E-state index < -0.39 is 0 Å². The van der Waals surface area contributed by atoms with Crippen LogP contribution in [-0.4, -0.2) is 10.8 Å². The van der Waals surface area contributed by atoms with Gasteiger partial charge in [0.05, 0.1) is 0 Å². The number of carbonyl (C=O) groups is 1. The van der Waals surface area contributed by atoms with Gasteiger partial charge in [-0.05, 0) is 67.9 Å². The Bertz CT molecular complexity index is 609. The second-order valence-corrected chi connectivity index (χ2v) is 5.74. The lowest BCUT2D eigenvalue weighted by molar-refractivity contribution is -0.116. The van der Waals surface area contributed by atoms with Gasteiger partial charge < -0.3 is 9.78 Å². The first-order valence-electron chi connectivity index (χ1n) is 7.35. The zero-order valence-electron chi connectivity index (χ0n) is 11.6. The topological polar surface area (TPSA) is 32.9 Å². The second-order valence-electron chi connectivity index (χ2n) is 5.74. The van der Waals surface area contributed by atoms with Crippen molar-refractivity contribution in [2.45, 2.75) is 51.9 Å². The third-order valence-corrected chi connectivity index (χ3v) is 4.23. The van der Waals surface area contributed by atoms with Crippen LogP contribution in [0.3, 0.4) is 0 Å². The summed E-state index contributed by atoms with van der Waals surface area (Å²) in [5.74, 6) is 0.268. The van der Waals surface area contributed by atoms with Gasteiger partial charge in [-0.15, -0.1) is 0 Å². The van der Waals surface area contributed by atoms with Crippen molar-refractivity contribution in [1.29, 1.82) is 0 Å². The Kier molecular flexibility index (Phi) is 3.41. The number of ketones is 1. The number of carbonyl (C=O) groups excluding carboxylic acids is 1. The molecule has 0 spiro atoms. The molecule has 1 aliphatic rings. The maximum absolute atomic E-state index is 11.1. The first kappa shape index (κ1) is 12.5. The largest absolute Gasteiger partial charge is 0.361 e. The Hall–Kier alpha value is -1.57. The maximum Gasteiger partial charge on any atom is 0.130 e. The van der Waals surface area contributed by atoms with E-state index in [-0.39, 0.29) is 5.78 Å². The van der Waals surface area contributed by atoms with Crippen LogP contribution in [0.2, 0.25) is 0 Å². The highest BCUT2D eigenvalue weighted by atomic mass is 16.1. The average Bonchev–Trinajstić information content (AvgIpc) is 2.62. The van der Waals surface area contributed by atoms with Crippen LogP contribution in [0.4, 0.5) is 0 Å². The SMILES string of the molecule is CC(=O)CCc1c[nH]c2cc3c(cc12)CCCCC3. The van der Waals surface area contributed by atoms with Crippen LogP contribution < -0.4 is 0 Å². The molecule has 0 aliphatic heterocycles. The van der Waals surface area contributed by atoms with Gasteiger partial charge in [0.15, 0.2) is 0 Å². The Balaban J connectivity index is 1.98. The molecule has 0 atom stereocenters. The molecule has 0 bridgehead atoms. The van der Waals surface area contributed by atoms with Crippen LogP contribution >= 0.6 is 0 Å². The number of nitrogens with one attached hydrogen (secondary N) is 1. The van der Waals surface area contributed by atoms with Crippen LogP contribution in [-0.2, 0) is 24.1 Å². The highest BCUT2D eigenvalue weighted by Crippen LogP contribution is 2.28. The molecule has 2 nitrogen and oxygen atoms in total. The molecule has 1 aromatic heterocycles. The maximum atomic E-state index is 11.1. The third-order valence-electron chi connectivity index (χ3n) is 4.23. The van der Waals surface area contributed by atoms with Gasteiger partial charge in [-0.2, -0.15) is 0 Å². The Morgan fingerprint density at radius 1 is 1.16 bits per heavy atom. The predicted molar refractivity (Wildman–Crippen MR) is 78.6 cm³/mol. The van der Waals surface area contributed by atoms with Gasteiger partial charge >= 0.3 is 0 Å². The van der Waals surface area contributed by atoms with Crippen LogP contribution in [0.25, 0.3) is 10.9 Å². The van der Waals surface area contributed by atoms with Gasteiger partial charge in [0.2, 0.25) is 0 Å². The molecule has 0 saturated carbocycles. The minimum Gasteiger partial charge on any atom is -0.361 e. The van der Waals surface area contributed by atoms with Crippen LogP contribution in [0.15, 0.2) is 18.3 Å². The molecule has 3 rings (SSSR count). The molecule has 1 heterocycles. The quantitative estimate of drug-likeness (QED) is 0.827. The predicted octanol–water partition coefficient (Wildman–Crippen LogP) is 3.96. The molecule has 0 amide bonds. The molecule has 100 valence electrons. The molecule has 0 saturated heterocycles. The van der Waals surface area contributed by atoms with E-state index in [1.165, 1.54) is 59.7 Å².